The Morgan fingerprint density at radius 1 is 0.853 bits per heavy atom. The van der Waals surface area contributed by atoms with E-state index in [4.69, 9.17) is 42.1 Å². The Balaban J connectivity index is 1.57. The Kier molecular flexibility index (Phi) is 7.39. The summed E-state index contributed by atoms with van der Waals surface area (Å²) in [5.74, 6) is 2.46. The minimum Gasteiger partial charge on any atom is -0.497 e. The highest BCUT2D eigenvalue weighted by molar-refractivity contribution is 6.42. The van der Waals surface area contributed by atoms with Crippen molar-refractivity contribution in [3.05, 3.63) is 81.8 Å². The molecule has 178 valence electrons. The van der Waals surface area contributed by atoms with Crippen LogP contribution in [0.3, 0.4) is 0 Å². The van der Waals surface area contributed by atoms with Crippen LogP contribution in [-0.2, 0) is 11.2 Å². The molecule has 6 nitrogen and oxygen atoms in total. The number of halogens is 2. The second kappa shape index (κ2) is 10.5. The molecule has 4 rings (SSSR count). The van der Waals surface area contributed by atoms with Crippen molar-refractivity contribution in [3.8, 4) is 23.0 Å². The van der Waals surface area contributed by atoms with Gasteiger partial charge in [0.2, 0.25) is 6.10 Å². The normalized spacial score (nSPS) is 17.2. The smallest absolute Gasteiger partial charge is 0.266 e. The van der Waals surface area contributed by atoms with Gasteiger partial charge >= 0.3 is 0 Å². The fraction of sp³-hybridized carbons (Fsp3) is 0.269. The Morgan fingerprint density at radius 2 is 1.56 bits per heavy atom. The Morgan fingerprint density at radius 3 is 2.24 bits per heavy atom. The number of carbonyl (C=O) groups excluding carboxylic acids is 1. The van der Waals surface area contributed by atoms with E-state index in [1.54, 1.807) is 56.6 Å². The average molecular weight is 502 g/mol. The van der Waals surface area contributed by atoms with Gasteiger partial charge in [0.05, 0.1) is 31.4 Å². The van der Waals surface area contributed by atoms with Crippen molar-refractivity contribution in [3.63, 3.8) is 0 Å². The molecule has 3 aromatic carbocycles. The van der Waals surface area contributed by atoms with E-state index in [1.807, 2.05) is 30.3 Å². The molecule has 0 spiro atoms. The number of amides is 1. The number of rotatable bonds is 9. The number of methoxy groups -OCH3 is 3. The minimum absolute atomic E-state index is 0.114. The van der Waals surface area contributed by atoms with Crippen LogP contribution in [0.4, 0.5) is 0 Å². The zero-order valence-corrected chi connectivity index (χ0v) is 20.6. The first-order valence-corrected chi connectivity index (χ1v) is 11.5. The molecule has 0 N–H and O–H groups in total. The van der Waals surface area contributed by atoms with Crippen molar-refractivity contribution in [2.24, 2.45) is 0 Å². The van der Waals surface area contributed by atoms with E-state index < -0.39 is 6.10 Å². The third-order valence-electron chi connectivity index (χ3n) is 5.86. The zero-order chi connectivity index (χ0) is 24.2. The summed E-state index contributed by atoms with van der Waals surface area (Å²) in [6, 6.07) is 17.9. The van der Waals surface area contributed by atoms with Crippen LogP contribution < -0.4 is 18.9 Å². The SMILES string of the molecule is COc1ccc(O[C@@H]2C(=O)N(CCc3ccc(OC)c(OC)c3)[C@H]2c2cccc(Cl)c2Cl)cc1. The highest BCUT2D eigenvalue weighted by Crippen LogP contribution is 2.42. The zero-order valence-electron chi connectivity index (χ0n) is 19.1. The molecule has 2 atom stereocenters. The first-order chi connectivity index (χ1) is 16.5. The number of hydrogen-bond acceptors (Lipinski definition) is 5. The molecular weight excluding hydrogens is 477 g/mol. The molecule has 1 heterocycles. The van der Waals surface area contributed by atoms with Gasteiger partial charge in [-0.25, -0.2) is 0 Å². The van der Waals surface area contributed by atoms with E-state index in [0.717, 1.165) is 11.1 Å². The van der Waals surface area contributed by atoms with Crippen molar-refractivity contribution in [1.82, 2.24) is 4.90 Å². The van der Waals surface area contributed by atoms with E-state index >= 15 is 0 Å². The maximum Gasteiger partial charge on any atom is 0.266 e. The van der Waals surface area contributed by atoms with Crippen LogP contribution in [0.15, 0.2) is 60.7 Å². The maximum absolute atomic E-state index is 13.2. The highest BCUT2D eigenvalue weighted by atomic mass is 35.5. The summed E-state index contributed by atoms with van der Waals surface area (Å²) < 4.78 is 22.0. The van der Waals surface area contributed by atoms with E-state index in [0.29, 0.717) is 46.0 Å². The highest BCUT2D eigenvalue weighted by Gasteiger charge is 2.50. The first kappa shape index (κ1) is 24.0. The summed E-state index contributed by atoms with van der Waals surface area (Å²) in [6.45, 7) is 0.476. The number of likely N-dealkylation sites (tertiary alicyclic amines) is 1. The van der Waals surface area contributed by atoms with Gasteiger partial charge in [0.1, 0.15) is 17.5 Å². The number of nitrogens with zero attached hydrogens (tertiary/aromatic N) is 1. The molecule has 34 heavy (non-hydrogen) atoms. The summed E-state index contributed by atoms with van der Waals surface area (Å²) in [5, 5.41) is 0.850. The van der Waals surface area contributed by atoms with E-state index in [1.165, 1.54) is 0 Å². The van der Waals surface area contributed by atoms with Gasteiger partial charge in [0.25, 0.3) is 5.91 Å². The fourth-order valence-corrected chi connectivity index (χ4v) is 4.47. The second-order valence-electron chi connectivity index (χ2n) is 7.77. The minimum atomic E-state index is -0.713. The monoisotopic (exact) mass is 501 g/mol. The van der Waals surface area contributed by atoms with Gasteiger partial charge in [0, 0.05) is 6.54 Å². The van der Waals surface area contributed by atoms with Gasteiger partial charge in [-0.3, -0.25) is 4.79 Å². The average Bonchev–Trinajstić information content (AvgIpc) is 2.87. The third-order valence-corrected chi connectivity index (χ3v) is 6.69. The van der Waals surface area contributed by atoms with Crippen molar-refractivity contribution in [2.45, 2.75) is 18.6 Å². The number of hydrogen-bond donors (Lipinski definition) is 0. The summed E-state index contributed by atoms with van der Waals surface area (Å²) in [7, 11) is 4.79. The van der Waals surface area contributed by atoms with Gasteiger partial charge in [-0.2, -0.15) is 0 Å². The van der Waals surface area contributed by atoms with Gasteiger partial charge in [-0.15, -0.1) is 0 Å². The number of β-lactam (4-membered cyclic amide) rings is 1. The van der Waals surface area contributed by atoms with Gasteiger partial charge in [0.15, 0.2) is 11.5 Å². The molecule has 0 aromatic heterocycles. The van der Waals surface area contributed by atoms with Crippen LogP contribution in [0, 0.1) is 0 Å². The quantitative estimate of drug-likeness (QED) is 0.357. The Labute approximate surface area is 208 Å². The molecule has 1 amide bonds. The molecule has 1 aliphatic rings. The predicted octanol–water partition coefficient (Wildman–Crippen LogP) is 5.59. The molecule has 1 fully saturated rings. The fourth-order valence-electron chi connectivity index (χ4n) is 4.05. The van der Waals surface area contributed by atoms with Gasteiger partial charge in [-0.05, 0) is 60.0 Å². The summed E-state index contributed by atoms with van der Waals surface area (Å²) in [6.07, 6.45) is -0.0921. The van der Waals surface area contributed by atoms with Crippen molar-refractivity contribution in [1.29, 1.82) is 0 Å². The second-order valence-corrected chi connectivity index (χ2v) is 8.56. The van der Waals surface area contributed by atoms with Crippen LogP contribution in [0.25, 0.3) is 0 Å². The van der Waals surface area contributed by atoms with E-state index in [2.05, 4.69) is 0 Å². The van der Waals surface area contributed by atoms with Gasteiger partial charge < -0.3 is 23.8 Å². The maximum atomic E-state index is 13.2. The standard InChI is InChI=1S/C26H25Cl2NO5/c1-31-17-8-10-18(11-9-17)34-25-24(19-5-4-6-20(27)23(19)28)29(26(25)30)14-13-16-7-12-21(32-2)22(15-16)33-3/h4-12,15,24-25H,13-14H2,1-3H3/t24-,25-/m0/s1. The molecular formula is C26H25Cl2NO5. The number of carbonyl (C=O) groups is 1. The van der Waals surface area contributed by atoms with Crippen molar-refractivity contribution < 1.29 is 23.7 Å². The summed E-state index contributed by atoms with van der Waals surface area (Å²) in [4.78, 5) is 14.9. The van der Waals surface area contributed by atoms with E-state index in [-0.39, 0.29) is 11.9 Å². The van der Waals surface area contributed by atoms with Crippen molar-refractivity contribution >= 4 is 29.1 Å². The van der Waals surface area contributed by atoms with Gasteiger partial charge in [-0.1, -0.05) is 41.4 Å². The lowest BCUT2D eigenvalue weighted by Gasteiger charge is -2.47. The van der Waals surface area contributed by atoms with Crippen molar-refractivity contribution in [2.75, 3.05) is 27.9 Å². The lowest BCUT2D eigenvalue weighted by Crippen LogP contribution is -2.61. The summed E-state index contributed by atoms with van der Waals surface area (Å²) >= 11 is 12.8. The lowest BCUT2D eigenvalue weighted by molar-refractivity contribution is -0.164. The Bertz CT molecular complexity index is 1170. The molecule has 3 aromatic rings. The lowest BCUT2D eigenvalue weighted by atomic mass is 9.89. The van der Waals surface area contributed by atoms with Crippen LogP contribution in [0.1, 0.15) is 17.2 Å². The Hall–Kier alpha value is -3.09. The molecule has 0 bridgehead atoms. The molecule has 0 unspecified atom stereocenters. The van der Waals surface area contributed by atoms with Crippen LogP contribution >= 0.6 is 23.2 Å². The molecule has 1 aliphatic heterocycles. The third kappa shape index (κ3) is 4.74. The first-order valence-electron chi connectivity index (χ1n) is 10.7. The molecule has 0 aliphatic carbocycles. The topological polar surface area (TPSA) is 57.2 Å². The van der Waals surface area contributed by atoms with Crippen LogP contribution in [-0.4, -0.2) is 44.8 Å². The van der Waals surface area contributed by atoms with E-state index in [9.17, 15) is 4.79 Å². The number of benzene rings is 3. The van der Waals surface area contributed by atoms with Crippen LogP contribution in [0.2, 0.25) is 10.0 Å². The largest absolute Gasteiger partial charge is 0.497 e. The summed E-state index contributed by atoms with van der Waals surface area (Å²) in [5.41, 5.74) is 1.76. The predicted molar refractivity (Wildman–Crippen MR) is 132 cm³/mol. The number of ether oxygens (including phenoxy) is 4. The van der Waals surface area contributed by atoms with Crippen LogP contribution in [0.5, 0.6) is 23.0 Å². The molecule has 8 heteroatoms. The molecule has 1 saturated heterocycles. The molecule has 0 saturated carbocycles. The molecule has 0 radical (unpaired) electrons.